The van der Waals surface area contributed by atoms with Crippen LogP contribution in [0, 0.1) is 13.8 Å². The quantitative estimate of drug-likeness (QED) is 0.880. The molecule has 0 saturated heterocycles. The Balaban J connectivity index is 2.02. The van der Waals surface area contributed by atoms with Gasteiger partial charge in [-0.05, 0) is 31.4 Å². The lowest BCUT2D eigenvalue weighted by Gasteiger charge is -2.09. The Labute approximate surface area is 128 Å². The number of carboxylic acid groups (broad SMARTS) is 1. The van der Waals surface area contributed by atoms with Crippen LogP contribution in [0.15, 0.2) is 24.4 Å². The first-order chi connectivity index (χ1) is 10.4. The third-order valence-corrected chi connectivity index (χ3v) is 3.56. The molecule has 6 nitrogen and oxygen atoms in total. The van der Waals surface area contributed by atoms with Gasteiger partial charge in [0, 0.05) is 13.6 Å². The number of nitrogens with zero attached hydrogens (tertiary/aromatic N) is 2. The summed E-state index contributed by atoms with van der Waals surface area (Å²) < 4.78 is 1.27. The van der Waals surface area contributed by atoms with Crippen LogP contribution >= 0.6 is 0 Å². The van der Waals surface area contributed by atoms with Crippen molar-refractivity contribution >= 4 is 11.9 Å². The van der Waals surface area contributed by atoms with E-state index in [9.17, 15) is 9.59 Å². The van der Waals surface area contributed by atoms with Crippen LogP contribution in [0.5, 0.6) is 0 Å². The van der Waals surface area contributed by atoms with E-state index in [4.69, 9.17) is 5.11 Å². The summed E-state index contributed by atoms with van der Waals surface area (Å²) in [6, 6.07) is 6.18. The Kier molecular flexibility index (Phi) is 4.60. The van der Waals surface area contributed by atoms with Crippen molar-refractivity contribution in [2.75, 3.05) is 6.54 Å². The zero-order valence-electron chi connectivity index (χ0n) is 12.9. The Hall–Kier alpha value is -2.63. The Morgan fingerprint density at radius 1 is 1.32 bits per heavy atom. The molecule has 0 unspecified atom stereocenters. The molecule has 116 valence electrons. The lowest BCUT2D eigenvalue weighted by molar-refractivity contribution is 0.0690. The number of benzene rings is 1. The Bertz CT molecular complexity index is 719. The highest BCUT2D eigenvalue weighted by Gasteiger charge is 2.21. The zero-order chi connectivity index (χ0) is 16.3. The summed E-state index contributed by atoms with van der Waals surface area (Å²) in [5.74, 6) is -1.59. The topological polar surface area (TPSA) is 84.2 Å². The normalized spacial score (nSPS) is 10.5. The van der Waals surface area contributed by atoms with Crippen LogP contribution in [0.2, 0.25) is 0 Å². The maximum absolute atomic E-state index is 12.1. The molecule has 2 aromatic rings. The SMILES string of the molecule is Cc1ccc(CCNC(=O)c2c(C(=O)O)cnn2C)c(C)c1. The summed E-state index contributed by atoms with van der Waals surface area (Å²) >= 11 is 0. The van der Waals surface area contributed by atoms with Gasteiger partial charge in [-0.3, -0.25) is 9.48 Å². The standard InChI is InChI=1S/C16H19N3O3/c1-10-4-5-12(11(2)8-10)6-7-17-15(20)14-13(16(21)22)9-18-19(14)3/h4-5,8-9H,6-7H2,1-3H3,(H,17,20)(H,21,22). The second-order valence-electron chi connectivity index (χ2n) is 5.27. The molecule has 0 aliphatic heterocycles. The average Bonchev–Trinajstić information content (AvgIpc) is 2.83. The van der Waals surface area contributed by atoms with Crippen molar-refractivity contribution in [3.05, 3.63) is 52.3 Å². The maximum atomic E-state index is 12.1. The molecule has 2 rings (SSSR count). The molecule has 1 aromatic carbocycles. The number of carboxylic acids is 1. The van der Waals surface area contributed by atoms with Crippen molar-refractivity contribution in [3.63, 3.8) is 0 Å². The smallest absolute Gasteiger partial charge is 0.339 e. The molecule has 0 bridgehead atoms. The van der Waals surface area contributed by atoms with Gasteiger partial charge in [0.05, 0.1) is 6.20 Å². The number of hydrogen-bond donors (Lipinski definition) is 2. The van der Waals surface area contributed by atoms with Gasteiger partial charge < -0.3 is 10.4 Å². The van der Waals surface area contributed by atoms with Crippen molar-refractivity contribution in [3.8, 4) is 0 Å². The molecular weight excluding hydrogens is 282 g/mol. The number of amides is 1. The van der Waals surface area contributed by atoms with Gasteiger partial charge >= 0.3 is 5.97 Å². The van der Waals surface area contributed by atoms with Crippen molar-refractivity contribution in [2.45, 2.75) is 20.3 Å². The van der Waals surface area contributed by atoms with Gasteiger partial charge in [0.25, 0.3) is 5.91 Å². The lowest BCUT2D eigenvalue weighted by Crippen LogP contribution is -2.29. The first kappa shape index (κ1) is 15.8. The third-order valence-electron chi connectivity index (χ3n) is 3.56. The van der Waals surface area contributed by atoms with Gasteiger partial charge in [-0.25, -0.2) is 4.79 Å². The highest BCUT2D eigenvalue weighted by molar-refractivity contribution is 6.03. The van der Waals surface area contributed by atoms with E-state index in [0.29, 0.717) is 13.0 Å². The molecule has 6 heteroatoms. The number of carbonyl (C=O) groups excluding carboxylic acids is 1. The summed E-state index contributed by atoms with van der Waals surface area (Å²) in [6.07, 6.45) is 1.87. The zero-order valence-corrected chi connectivity index (χ0v) is 12.9. The molecule has 0 fully saturated rings. The average molecular weight is 301 g/mol. The number of hydrogen-bond acceptors (Lipinski definition) is 3. The van der Waals surface area contributed by atoms with Crippen LogP contribution in [0.3, 0.4) is 0 Å². The Morgan fingerprint density at radius 3 is 2.68 bits per heavy atom. The number of rotatable bonds is 5. The fraction of sp³-hybridized carbons (Fsp3) is 0.312. The summed E-state index contributed by atoms with van der Waals surface area (Å²) in [7, 11) is 1.55. The summed E-state index contributed by atoms with van der Waals surface area (Å²) in [6.45, 7) is 4.51. The molecule has 1 aromatic heterocycles. The van der Waals surface area contributed by atoms with Gasteiger partial charge in [-0.2, -0.15) is 5.10 Å². The van der Waals surface area contributed by atoms with Crippen molar-refractivity contribution in [1.29, 1.82) is 0 Å². The van der Waals surface area contributed by atoms with E-state index in [2.05, 4.69) is 16.5 Å². The minimum absolute atomic E-state index is 0.0631. The summed E-state index contributed by atoms with van der Waals surface area (Å²) in [4.78, 5) is 23.2. The summed E-state index contributed by atoms with van der Waals surface area (Å²) in [5, 5.41) is 15.6. The molecular formula is C16H19N3O3. The summed E-state index contributed by atoms with van der Waals surface area (Å²) in [5.41, 5.74) is 3.52. The van der Waals surface area contributed by atoms with Crippen molar-refractivity contribution in [2.24, 2.45) is 7.05 Å². The van der Waals surface area contributed by atoms with E-state index < -0.39 is 11.9 Å². The monoisotopic (exact) mass is 301 g/mol. The maximum Gasteiger partial charge on any atom is 0.339 e. The van der Waals surface area contributed by atoms with Crippen LogP contribution in [0.1, 0.15) is 37.5 Å². The lowest BCUT2D eigenvalue weighted by atomic mass is 10.0. The van der Waals surface area contributed by atoms with Crippen molar-refractivity contribution < 1.29 is 14.7 Å². The molecule has 2 N–H and O–H groups in total. The molecule has 0 saturated carbocycles. The van der Waals surface area contributed by atoms with Crippen LogP contribution in [0.4, 0.5) is 0 Å². The number of aromatic nitrogens is 2. The number of nitrogens with one attached hydrogen (secondary N) is 1. The van der Waals surface area contributed by atoms with E-state index in [0.717, 1.165) is 5.56 Å². The van der Waals surface area contributed by atoms with Gasteiger partial charge in [-0.15, -0.1) is 0 Å². The fourth-order valence-corrected chi connectivity index (χ4v) is 2.38. The minimum atomic E-state index is -1.16. The molecule has 22 heavy (non-hydrogen) atoms. The molecule has 1 amide bonds. The van der Waals surface area contributed by atoms with Gasteiger partial charge in [0.1, 0.15) is 11.3 Å². The fourth-order valence-electron chi connectivity index (χ4n) is 2.38. The van der Waals surface area contributed by atoms with E-state index >= 15 is 0 Å². The van der Waals surface area contributed by atoms with E-state index in [-0.39, 0.29) is 11.3 Å². The van der Waals surface area contributed by atoms with Crippen LogP contribution in [-0.4, -0.2) is 33.3 Å². The second-order valence-corrected chi connectivity index (χ2v) is 5.27. The molecule has 1 heterocycles. The molecule has 0 aliphatic carbocycles. The van der Waals surface area contributed by atoms with E-state index in [1.165, 1.54) is 22.0 Å². The van der Waals surface area contributed by atoms with E-state index in [1.54, 1.807) is 7.05 Å². The second kappa shape index (κ2) is 6.43. The van der Waals surface area contributed by atoms with Gasteiger partial charge in [-0.1, -0.05) is 23.8 Å². The Morgan fingerprint density at radius 2 is 2.05 bits per heavy atom. The molecule has 0 atom stereocenters. The van der Waals surface area contributed by atoms with Crippen LogP contribution < -0.4 is 5.32 Å². The van der Waals surface area contributed by atoms with Gasteiger partial charge in [0.2, 0.25) is 0 Å². The van der Waals surface area contributed by atoms with Crippen LogP contribution in [0.25, 0.3) is 0 Å². The molecule has 0 radical (unpaired) electrons. The largest absolute Gasteiger partial charge is 0.478 e. The highest BCUT2D eigenvalue weighted by atomic mass is 16.4. The first-order valence-corrected chi connectivity index (χ1v) is 6.99. The van der Waals surface area contributed by atoms with E-state index in [1.807, 2.05) is 26.0 Å². The number of carbonyl (C=O) groups is 2. The number of aromatic carboxylic acids is 1. The molecule has 0 aliphatic rings. The first-order valence-electron chi connectivity index (χ1n) is 6.99. The predicted octanol–water partition coefficient (Wildman–Crippen LogP) is 1.71. The van der Waals surface area contributed by atoms with Crippen molar-refractivity contribution in [1.82, 2.24) is 15.1 Å². The number of aryl methyl sites for hydroxylation is 3. The van der Waals surface area contributed by atoms with Crippen LogP contribution in [-0.2, 0) is 13.5 Å². The third kappa shape index (κ3) is 3.33. The minimum Gasteiger partial charge on any atom is -0.478 e. The predicted molar refractivity (Wildman–Crippen MR) is 82.1 cm³/mol. The van der Waals surface area contributed by atoms with Gasteiger partial charge in [0.15, 0.2) is 0 Å². The highest BCUT2D eigenvalue weighted by Crippen LogP contribution is 2.11. The molecule has 0 spiro atoms.